The zero-order chi connectivity index (χ0) is 23.5. The van der Waals surface area contributed by atoms with E-state index in [2.05, 4.69) is 0 Å². The third-order valence-corrected chi connectivity index (χ3v) is 5.12. The first-order chi connectivity index (χ1) is 16.1. The van der Waals surface area contributed by atoms with Crippen molar-refractivity contribution in [1.29, 1.82) is 0 Å². The van der Waals surface area contributed by atoms with E-state index in [1.165, 1.54) is 7.11 Å². The van der Waals surface area contributed by atoms with E-state index in [0.717, 1.165) is 36.3 Å². The molecule has 0 saturated heterocycles. The largest absolute Gasteiger partial charge is 0.494 e. The van der Waals surface area contributed by atoms with Gasteiger partial charge in [-0.15, -0.1) is 0 Å². The fourth-order valence-corrected chi connectivity index (χ4v) is 3.35. The van der Waals surface area contributed by atoms with Gasteiger partial charge in [-0.1, -0.05) is 37.3 Å². The molecular formula is C27H31NO5. The van der Waals surface area contributed by atoms with E-state index in [4.69, 9.17) is 24.7 Å². The van der Waals surface area contributed by atoms with Crippen LogP contribution in [0.15, 0.2) is 72.8 Å². The average Bonchev–Trinajstić information content (AvgIpc) is 2.85. The van der Waals surface area contributed by atoms with Crippen molar-refractivity contribution in [3.8, 4) is 17.2 Å². The van der Waals surface area contributed by atoms with Gasteiger partial charge in [0, 0.05) is 0 Å². The second-order valence-corrected chi connectivity index (χ2v) is 7.55. The Kier molecular flexibility index (Phi) is 9.00. The van der Waals surface area contributed by atoms with Crippen LogP contribution in [0.2, 0.25) is 0 Å². The van der Waals surface area contributed by atoms with Gasteiger partial charge < -0.3 is 24.7 Å². The minimum Gasteiger partial charge on any atom is -0.494 e. The fraction of sp³-hybridized carbons (Fsp3) is 0.296. The number of nitrogen functional groups attached to an aromatic ring is 1. The predicted molar refractivity (Wildman–Crippen MR) is 129 cm³/mol. The van der Waals surface area contributed by atoms with E-state index in [1.807, 2.05) is 61.5 Å². The molecule has 0 amide bonds. The van der Waals surface area contributed by atoms with Gasteiger partial charge in [0.2, 0.25) is 0 Å². The Bertz CT molecular complexity index is 1020. The van der Waals surface area contributed by atoms with Crippen molar-refractivity contribution in [3.05, 3.63) is 83.9 Å². The molecule has 0 fully saturated rings. The second-order valence-electron chi connectivity index (χ2n) is 7.55. The molecule has 0 heterocycles. The Morgan fingerprint density at radius 3 is 2.24 bits per heavy atom. The molecule has 6 nitrogen and oxygen atoms in total. The molecule has 0 aliphatic carbocycles. The van der Waals surface area contributed by atoms with E-state index in [1.54, 1.807) is 18.2 Å². The van der Waals surface area contributed by atoms with Crippen molar-refractivity contribution in [1.82, 2.24) is 0 Å². The van der Waals surface area contributed by atoms with Crippen LogP contribution in [0.3, 0.4) is 0 Å². The first-order valence-electron chi connectivity index (χ1n) is 11.2. The number of esters is 1. The standard InChI is InChI=1S/C27H31NO5/c1-3-25(33-26-15-14-21(19-24(26)28)27(29)30-2)20-10-9-13-23(18-20)32-17-8-7-16-31-22-11-5-4-6-12-22/h4-6,9-15,18-19,25H,3,7-8,16-17,28H2,1-2H3. The molecule has 0 aliphatic rings. The lowest BCUT2D eigenvalue weighted by molar-refractivity contribution is 0.0600. The monoisotopic (exact) mass is 449 g/mol. The summed E-state index contributed by atoms with van der Waals surface area (Å²) in [4.78, 5) is 11.7. The number of hydrogen-bond acceptors (Lipinski definition) is 6. The van der Waals surface area contributed by atoms with E-state index in [-0.39, 0.29) is 6.10 Å². The number of carbonyl (C=O) groups is 1. The predicted octanol–water partition coefficient (Wildman–Crippen LogP) is 5.82. The van der Waals surface area contributed by atoms with E-state index in [0.29, 0.717) is 30.2 Å². The first kappa shape index (κ1) is 24.0. The van der Waals surface area contributed by atoms with Crippen LogP contribution < -0.4 is 19.9 Å². The number of carbonyl (C=O) groups excluding carboxylic acids is 1. The molecule has 0 bridgehead atoms. The highest BCUT2D eigenvalue weighted by atomic mass is 16.5. The van der Waals surface area contributed by atoms with Crippen LogP contribution in [-0.2, 0) is 4.74 Å². The van der Waals surface area contributed by atoms with Gasteiger partial charge in [-0.2, -0.15) is 0 Å². The maximum atomic E-state index is 11.7. The number of benzene rings is 3. The zero-order valence-corrected chi connectivity index (χ0v) is 19.2. The summed E-state index contributed by atoms with van der Waals surface area (Å²) in [5.74, 6) is 1.78. The van der Waals surface area contributed by atoms with Gasteiger partial charge in [-0.25, -0.2) is 4.79 Å². The topological polar surface area (TPSA) is 80.0 Å². The molecule has 1 unspecified atom stereocenters. The summed E-state index contributed by atoms with van der Waals surface area (Å²) in [6, 6.07) is 22.6. The number of unbranched alkanes of at least 4 members (excludes halogenated alkanes) is 1. The number of methoxy groups -OCH3 is 1. The number of nitrogens with two attached hydrogens (primary N) is 1. The summed E-state index contributed by atoms with van der Waals surface area (Å²) in [5, 5.41) is 0. The number of ether oxygens (including phenoxy) is 4. The number of para-hydroxylation sites is 1. The summed E-state index contributed by atoms with van der Waals surface area (Å²) in [6.45, 7) is 3.32. The molecular weight excluding hydrogens is 418 g/mol. The smallest absolute Gasteiger partial charge is 0.337 e. The molecule has 6 heteroatoms. The van der Waals surface area contributed by atoms with Crippen LogP contribution in [0, 0.1) is 0 Å². The molecule has 33 heavy (non-hydrogen) atoms. The van der Waals surface area contributed by atoms with Gasteiger partial charge in [-0.05, 0) is 67.3 Å². The van der Waals surface area contributed by atoms with Gasteiger partial charge in [0.05, 0.1) is 31.6 Å². The Morgan fingerprint density at radius 1 is 0.879 bits per heavy atom. The normalized spacial score (nSPS) is 11.5. The molecule has 0 radical (unpaired) electrons. The van der Waals surface area contributed by atoms with Crippen LogP contribution in [0.1, 0.15) is 48.2 Å². The first-order valence-corrected chi connectivity index (χ1v) is 11.2. The van der Waals surface area contributed by atoms with Gasteiger partial charge in [0.25, 0.3) is 0 Å². The minimum atomic E-state index is -0.434. The van der Waals surface area contributed by atoms with Crippen molar-refractivity contribution >= 4 is 11.7 Å². The third-order valence-electron chi connectivity index (χ3n) is 5.12. The molecule has 2 N–H and O–H groups in total. The van der Waals surface area contributed by atoms with Crippen LogP contribution >= 0.6 is 0 Å². The lowest BCUT2D eigenvalue weighted by Gasteiger charge is -2.20. The zero-order valence-electron chi connectivity index (χ0n) is 19.2. The maximum absolute atomic E-state index is 11.7. The highest BCUT2D eigenvalue weighted by Gasteiger charge is 2.15. The van der Waals surface area contributed by atoms with Crippen LogP contribution in [-0.4, -0.2) is 26.3 Å². The molecule has 3 aromatic rings. The highest BCUT2D eigenvalue weighted by Crippen LogP contribution is 2.31. The SMILES string of the molecule is CCC(Oc1ccc(C(=O)OC)cc1N)c1cccc(OCCCCOc2ccccc2)c1. The Balaban J connectivity index is 1.51. The molecule has 3 rings (SSSR count). The van der Waals surface area contributed by atoms with Crippen molar-refractivity contribution < 1.29 is 23.7 Å². The van der Waals surface area contributed by atoms with Crippen molar-refractivity contribution in [2.45, 2.75) is 32.3 Å². The molecule has 174 valence electrons. The molecule has 3 aromatic carbocycles. The van der Waals surface area contributed by atoms with Gasteiger partial charge in [0.15, 0.2) is 0 Å². The van der Waals surface area contributed by atoms with E-state index < -0.39 is 5.97 Å². The van der Waals surface area contributed by atoms with Crippen LogP contribution in [0.5, 0.6) is 17.2 Å². The van der Waals surface area contributed by atoms with E-state index >= 15 is 0 Å². The average molecular weight is 450 g/mol. The lowest BCUT2D eigenvalue weighted by atomic mass is 10.1. The van der Waals surface area contributed by atoms with E-state index in [9.17, 15) is 4.79 Å². The van der Waals surface area contributed by atoms with Crippen LogP contribution in [0.25, 0.3) is 0 Å². The summed E-state index contributed by atoms with van der Waals surface area (Å²) in [5.41, 5.74) is 7.88. The third kappa shape index (κ3) is 7.17. The molecule has 0 aliphatic heterocycles. The molecule has 1 atom stereocenters. The Morgan fingerprint density at radius 2 is 1.58 bits per heavy atom. The second kappa shape index (κ2) is 12.4. The summed E-state index contributed by atoms with van der Waals surface area (Å²) < 4.78 is 22.5. The molecule has 0 spiro atoms. The summed E-state index contributed by atoms with van der Waals surface area (Å²) in [7, 11) is 1.34. The number of rotatable bonds is 12. The van der Waals surface area contributed by atoms with Crippen molar-refractivity contribution in [2.24, 2.45) is 0 Å². The van der Waals surface area contributed by atoms with Crippen molar-refractivity contribution in [3.63, 3.8) is 0 Å². The van der Waals surface area contributed by atoms with Gasteiger partial charge in [0.1, 0.15) is 23.4 Å². The summed E-state index contributed by atoms with van der Waals surface area (Å²) >= 11 is 0. The Labute approximate surface area is 195 Å². The van der Waals surface area contributed by atoms with Crippen LogP contribution in [0.4, 0.5) is 5.69 Å². The summed E-state index contributed by atoms with van der Waals surface area (Å²) in [6.07, 6.45) is 2.36. The number of hydrogen-bond donors (Lipinski definition) is 1. The minimum absolute atomic E-state index is 0.195. The highest BCUT2D eigenvalue weighted by molar-refractivity contribution is 5.90. The molecule has 0 aromatic heterocycles. The van der Waals surface area contributed by atoms with Gasteiger partial charge in [-0.3, -0.25) is 0 Å². The fourth-order valence-electron chi connectivity index (χ4n) is 3.35. The quantitative estimate of drug-likeness (QED) is 0.213. The number of anilines is 1. The van der Waals surface area contributed by atoms with Gasteiger partial charge >= 0.3 is 5.97 Å². The lowest BCUT2D eigenvalue weighted by Crippen LogP contribution is -2.09. The van der Waals surface area contributed by atoms with Crippen molar-refractivity contribution in [2.75, 3.05) is 26.1 Å². The molecule has 0 saturated carbocycles. The maximum Gasteiger partial charge on any atom is 0.337 e. The Hall–Kier alpha value is -3.67.